The van der Waals surface area contributed by atoms with Gasteiger partial charge in [0.25, 0.3) is 0 Å². The molecule has 0 N–H and O–H groups in total. The Labute approximate surface area is 150 Å². The van der Waals surface area contributed by atoms with Crippen LogP contribution in [0.2, 0.25) is 0 Å². The predicted octanol–water partition coefficient (Wildman–Crippen LogP) is 4.82. The molecule has 4 rings (SSSR count). The number of hydrogen-bond donors (Lipinski definition) is 0. The summed E-state index contributed by atoms with van der Waals surface area (Å²) in [4.78, 5) is 4.90. The molecule has 0 saturated heterocycles. The molecule has 0 atom stereocenters. The van der Waals surface area contributed by atoms with Crippen LogP contribution >= 0.6 is 0 Å². The number of aromatic nitrogens is 2. The molecule has 0 unspecified atom stereocenters. The molecule has 0 amide bonds. The number of benzene rings is 2. The quantitative estimate of drug-likeness (QED) is 0.631. The second kappa shape index (κ2) is 5.40. The Balaban J connectivity index is 2.00. The Morgan fingerprint density at radius 1 is 0.846 bits per heavy atom. The van der Waals surface area contributed by atoms with Crippen molar-refractivity contribution >= 4 is 16.6 Å². The number of aliphatic imine (C=N–C) groups is 1. The third kappa shape index (κ3) is 2.26. The molecule has 2 aromatic carbocycles. The van der Waals surface area contributed by atoms with Gasteiger partial charge in [0.15, 0.2) is 5.82 Å². The van der Waals surface area contributed by atoms with Crippen molar-refractivity contribution in [2.75, 3.05) is 0 Å². The summed E-state index contributed by atoms with van der Waals surface area (Å²) >= 11 is 0. The van der Waals surface area contributed by atoms with Crippen molar-refractivity contribution in [3.63, 3.8) is 0 Å². The van der Waals surface area contributed by atoms with Crippen molar-refractivity contribution < 1.29 is 8.78 Å². The van der Waals surface area contributed by atoms with E-state index >= 15 is 0 Å². The molecule has 3 aromatic rings. The lowest BCUT2D eigenvalue weighted by molar-refractivity contribution is 0.293. The molecule has 0 saturated carbocycles. The fourth-order valence-electron chi connectivity index (χ4n) is 3.49. The van der Waals surface area contributed by atoms with Crippen LogP contribution < -0.4 is 0 Å². The highest BCUT2D eigenvalue weighted by atomic mass is 19.1. The maximum atomic E-state index is 14.8. The zero-order valence-electron chi connectivity index (χ0n) is 15.1. The van der Waals surface area contributed by atoms with Crippen LogP contribution in [-0.4, -0.2) is 21.4 Å². The highest BCUT2D eigenvalue weighted by Gasteiger charge is 2.45. The molecule has 0 radical (unpaired) electrons. The molecular weight excluding hydrogens is 332 g/mol. The molecule has 1 aliphatic rings. The summed E-state index contributed by atoms with van der Waals surface area (Å²) in [5.74, 6) is -0.673. The SMILES string of the molecule is CC1(C)N=C(c2cc3cccc(F)c3nn2)c2cccc(F)c2C1(C)C. The molecule has 0 aliphatic carbocycles. The van der Waals surface area contributed by atoms with Gasteiger partial charge in [-0.2, -0.15) is 0 Å². The molecule has 3 nitrogen and oxygen atoms in total. The van der Waals surface area contributed by atoms with E-state index in [4.69, 9.17) is 4.99 Å². The topological polar surface area (TPSA) is 38.1 Å². The van der Waals surface area contributed by atoms with Crippen LogP contribution in [0.4, 0.5) is 8.78 Å². The minimum atomic E-state index is -0.546. The van der Waals surface area contributed by atoms with Crippen molar-refractivity contribution in [2.24, 2.45) is 4.99 Å². The highest BCUT2D eigenvalue weighted by molar-refractivity contribution is 6.14. The minimum Gasteiger partial charge on any atom is -0.275 e. The zero-order chi connectivity index (χ0) is 18.7. The van der Waals surface area contributed by atoms with E-state index in [0.717, 1.165) is 0 Å². The summed E-state index contributed by atoms with van der Waals surface area (Å²) in [7, 11) is 0. The number of rotatable bonds is 1. The van der Waals surface area contributed by atoms with Gasteiger partial charge < -0.3 is 0 Å². The summed E-state index contributed by atoms with van der Waals surface area (Å²) in [5.41, 5.74) is 1.60. The zero-order valence-corrected chi connectivity index (χ0v) is 15.1. The van der Waals surface area contributed by atoms with Crippen LogP contribution in [0.1, 0.15) is 44.5 Å². The number of hydrogen-bond acceptors (Lipinski definition) is 3. The Morgan fingerprint density at radius 3 is 2.31 bits per heavy atom. The lowest BCUT2D eigenvalue weighted by Gasteiger charge is -2.44. The first-order valence-corrected chi connectivity index (χ1v) is 8.54. The highest BCUT2D eigenvalue weighted by Crippen LogP contribution is 2.44. The standard InChI is InChI=1S/C21H19F2N3/c1-20(2)17-13(8-6-9-14(17)22)19(24-21(20,3)4)16-11-12-7-5-10-15(23)18(12)26-25-16/h5-11H,1-4H3. The van der Waals surface area contributed by atoms with Crippen molar-refractivity contribution in [3.05, 3.63) is 70.9 Å². The number of halogens is 2. The van der Waals surface area contributed by atoms with E-state index in [1.165, 1.54) is 12.1 Å². The van der Waals surface area contributed by atoms with Gasteiger partial charge in [-0.15, -0.1) is 10.2 Å². The minimum absolute atomic E-state index is 0.215. The molecule has 0 spiro atoms. The van der Waals surface area contributed by atoms with Crippen LogP contribution in [0.15, 0.2) is 47.5 Å². The van der Waals surface area contributed by atoms with Crippen LogP contribution in [0.5, 0.6) is 0 Å². The van der Waals surface area contributed by atoms with Gasteiger partial charge >= 0.3 is 0 Å². The van der Waals surface area contributed by atoms with Gasteiger partial charge in [0.2, 0.25) is 0 Å². The molecule has 1 aromatic heterocycles. The monoisotopic (exact) mass is 351 g/mol. The van der Waals surface area contributed by atoms with Crippen LogP contribution in [0, 0.1) is 11.6 Å². The second-order valence-corrected chi connectivity index (χ2v) is 7.71. The van der Waals surface area contributed by atoms with Crippen molar-refractivity contribution in [2.45, 2.75) is 38.6 Å². The largest absolute Gasteiger partial charge is 0.275 e. The maximum absolute atomic E-state index is 14.8. The van der Waals surface area contributed by atoms with E-state index in [1.807, 2.05) is 33.8 Å². The van der Waals surface area contributed by atoms with E-state index in [0.29, 0.717) is 27.9 Å². The summed E-state index contributed by atoms with van der Waals surface area (Å²) < 4.78 is 28.7. The third-order valence-corrected chi connectivity index (χ3v) is 5.63. The summed E-state index contributed by atoms with van der Waals surface area (Å²) in [5, 5.41) is 8.86. The van der Waals surface area contributed by atoms with Gasteiger partial charge in [-0.1, -0.05) is 38.1 Å². The molecule has 132 valence electrons. The van der Waals surface area contributed by atoms with Gasteiger partial charge in [-0.05, 0) is 32.0 Å². The van der Waals surface area contributed by atoms with Crippen LogP contribution in [0.3, 0.4) is 0 Å². The number of nitrogens with zero attached hydrogens (tertiary/aromatic N) is 3. The fourth-order valence-corrected chi connectivity index (χ4v) is 3.49. The number of fused-ring (bicyclic) bond motifs is 2. The van der Waals surface area contributed by atoms with Gasteiger partial charge in [0.1, 0.15) is 17.0 Å². The molecule has 26 heavy (non-hydrogen) atoms. The second-order valence-electron chi connectivity index (χ2n) is 7.71. The first-order chi connectivity index (χ1) is 12.2. The Bertz CT molecular complexity index is 1070. The summed E-state index contributed by atoms with van der Waals surface area (Å²) in [6.45, 7) is 7.96. The van der Waals surface area contributed by atoms with Gasteiger partial charge in [0.05, 0.1) is 11.3 Å². The first-order valence-electron chi connectivity index (χ1n) is 8.54. The van der Waals surface area contributed by atoms with Crippen LogP contribution in [0.25, 0.3) is 10.9 Å². The smallest absolute Gasteiger partial charge is 0.151 e. The third-order valence-electron chi connectivity index (χ3n) is 5.63. The fraction of sp³-hybridized carbons (Fsp3) is 0.286. The Hall–Kier alpha value is -2.69. The summed E-state index contributed by atoms with van der Waals surface area (Å²) in [6.07, 6.45) is 0. The van der Waals surface area contributed by atoms with Gasteiger partial charge in [-0.25, -0.2) is 8.78 Å². The predicted molar refractivity (Wildman–Crippen MR) is 98.6 cm³/mol. The molecular formula is C21H19F2N3. The molecule has 2 heterocycles. The lowest BCUT2D eigenvalue weighted by Crippen LogP contribution is -2.47. The maximum Gasteiger partial charge on any atom is 0.151 e. The average Bonchev–Trinajstić information content (AvgIpc) is 2.58. The van der Waals surface area contributed by atoms with Gasteiger partial charge in [0, 0.05) is 21.9 Å². The average molecular weight is 351 g/mol. The van der Waals surface area contributed by atoms with Crippen molar-refractivity contribution in [1.82, 2.24) is 10.2 Å². The molecule has 5 heteroatoms. The molecule has 0 fully saturated rings. The Morgan fingerprint density at radius 2 is 1.54 bits per heavy atom. The van der Waals surface area contributed by atoms with E-state index in [9.17, 15) is 8.78 Å². The lowest BCUT2D eigenvalue weighted by atomic mass is 9.65. The van der Waals surface area contributed by atoms with Crippen molar-refractivity contribution in [1.29, 1.82) is 0 Å². The first kappa shape index (κ1) is 16.8. The van der Waals surface area contributed by atoms with Crippen molar-refractivity contribution in [3.8, 4) is 0 Å². The van der Waals surface area contributed by atoms with E-state index in [-0.39, 0.29) is 11.3 Å². The molecule has 0 bridgehead atoms. The molecule has 1 aliphatic heterocycles. The normalized spacial score (nSPS) is 17.7. The van der Waals surface area contributed by atoms with Gasteiger partial charge in [-0.3, -0.25) is 4.99 Å². The summed E-state index contributed by atoms with van der Waals surface area (Å²) in [6, 6.07) is 11.5. The van der Waals surface area contributed by atoms with E-state index in [1.54, 1.807) is 24.3 Å². The van der Waals surface area contributed by atoms with E-state index < -0.39 is 16.8 Å². The van der Waals surface area contributed by atoms with Crippen LogP contribution in [-0.2, 0) is 5.41 Å². The van der Waals surface area contributed by atoms with E-state index in [2.05, 4.69) is 10.2 Å². The Kier molecular flexibility index (Phi) is 3.48.